The van der Waals surface area contributed by atoms with E-state index in [-0.39, 0.29) is 23.5 Å². The molecule has 1 aliphatic heterocycles. The van der Waals surface area contributed by atoms with Gasteiger partial charge >= 0.3 is 0 Å². The van der Waals surface area contributed by atoms with Gasteiger partial charge in [0, 0.05) is 24.4 Å². The number of benzene rings is 1. The number of amides is 2. The second kappa shape index (κ2) is 7.86. The lowest BCUT2D eigenvalue weighted by atomic mass is 9.95. The molecule has 2 amide bonds. The van der Waals surface area contributed by atoms with Crippen molar-refractivity contribution in [2.45, 2.75) is 33.1 Å². The minimum atomic E-state index is -0.174. The number of aromatic nitrogens is 1. The quantitative estimate of drug-likeness (QED) is 0.862. The van der Waals surface area contributed by atoms with Crippen LogP contribution in [0.5, 0.6) is 5.75 Å². The first kappa shape index (κ1) is 18.4. The molecular formula is C19H23N3O3S. The van der Waals surface area contributed by atoms with Crippen molar-refractivity contribution in [2.24, 2.45) is 5.92 Å². The zero-order valence-corrected chi connectivity index (χ0v) is 15.8. The molecule has 2 heterocycles. The maximum absolute atomic E-state index is 12.7. The number of anilines is 1. The zero-order chi connectivity index (χ0) is 18.7. The van der Waals surface area contributed by atoms with Gasteiger partial charge in [-0.15, -0.1) is 11.3 Å². The fourth-order valence-corrected chi connectivity index (χ4v) is 3.80. The van der Waals surface area contributed by atoms with E-state index >= 15 is 0 Å². The SMILES string of the molecule is CCc1ccc(O)c(C(=O)N2CCC(C(=O)Nc3nc(C)cs3)CC2)c1. The molecule has 2 N–H and O–H groups in total. The average Bonchev–Trinajstić information content (AvgIpc) is 3.06. The van der Waals surface area contributed by atoms with Gasteiger partial charge in [-0.2, -0.15) is 0 Å². The molecule has 2 aromatic rings. The highest BCUT2D eigenvalue weighted by Gasteiger charge is 2.29. The smallest absolute Gasteiger partial charge is 0.257 e. The number of aromatic hydroxyl groups is 1. The first-order chi connectivity index (χ1) is 12.5. The number of nitrogens with zero attached hydrogens (tertiary/aromatic N) is 2. The van der Waals surface area contributed by atoms with Crippen molar-refractivity contribution >= 4 is 28.3 Å². The molecule has 0 bridgehead atoms. The highest BCUT2D eigenvalue weighted by molar-refractivity contribution is 7.13. The summed E-state index contributed by atoms with van der Waals surface area (Å²) in [5, 5.41) is 15.4. The molecule has 0 aliphatic carbocycles. The molecule has 3 rings (SSSR count). The standard InChI is InChI=1S/C19H23N3O3S/c1-3-13-4-5-16(23)15(10-13)18(25)22-8-6-14(7-9-22)17(24)21-19-20-12(2)11-26-19/h4-5,10-11,14,23H,3,6-9H2,1-2H3,(H,20,21,24). The number of phenolic OH excluding ortho intramolecular Hbond substituents is 1. The number of thiazole rings is 1. The maximum atomic E-state index is 12.7. The molecule has 26 heavy (non-hydrogen) atoms. The molecule has 138 valence electrons. The molecule has 1 aromatic carbocycles. The Labute approximate surface area is 156 Å². The predicted octanol–water partition coefficient (Wildman–Crippen LogP) is 3.21. The normalized spacial score (nSPS) is 15.1. The van der Waals surface area contributed by atoms with Crippen LogP contribution >= 0.6 is 11.3 Å². The van der Waals surface area contributed by atoms with E-state index in [0.717, 1.165) is 17.7 Å². The molecule has 0 unspecified atom stereocenters. The lowest BCUT2D eigenvalue weighted by molar-refractivity contribution is -0.121. The molecule has 7 heteroatoms. The van der Waals surface area contributed by atoms with E-state index in [1.54, 1.807) is 17.0 Å². The van der Waals surface area contributed by atoms with Gasteiger partial charge in [0.1, 0.15) is 5.75 Å². The van der Waals surface area contributed by atoms with E-state index in [4.69, 9.17) is 0 Å². The summed E-state index contributed by atoms with van der Waals surface area (Å²) in [6.45, 7) is 4.90. The topological polar surface area (TPSA) is 82.5 Å². The summed E-state index contributed by atoms with van der Waals surface area (Å²) in [4.78, 5) is 31.1. The highest BCUT2D eigenvalue weighted by Crippen LogP contribution is 2.25. The molecular weight excluding hydrogens is 350 g/mol. The van der Waals surface area contributed by atoms with Gasteiger partial charge in [0.05, 0.1) is 11.3 Å². The molecule has 1 aliphatic rings. The van der Waals surface area contributed by atoms with Crippen LogP contribution in [0.1, 0.15) is 41.4 Å². The monoisotopic (exact) mass is 373 g/mol. The van der Waals surface area contributed by atoms with Crippen molar-refractivity contribution in [1.82, 2.24) is 9.88 Å². The lowest BCUT2D eigenvalue weighted by Gasteiger charge is -2.31. The highest BCUT2D eigenvalue weighted by atomic mass is 32.1. The third-order valence-corrected chi connectivity index (χ3v) is 5.58. The molecule has 0 saturated carbocycles. The van der Waals surface area contributed by atoms with Crippen molar-refractivity contribution < 1.29 is 14.7 Å². The largest absolute Gasteiger partial charge is 0.507 e. The lowest BCUT2D eigenvalue weighted by Crippen LogP contribution is -2.41. The number of nitrogens with one attached hydrogen (secondary N) is 1. The Morgan fingerprint density at radius 1 is 1.35 bits per heavy atom. The summed E-state index contributed by atoms with van der Waals surface area (Å²) in [6, 6.07) is 5.15. The molecule has 6 nitrogen and oxygen atoms in total. The van der Waals surface area contributed by atoms with Crippen LogP contribution in [0, 0.1) is 12.8 Å². The summed E-state index contributed by atoms with van der Waals surface area (Å²) in [5.41, 5.74) is 2.24. The molecule has 1 saturated heterocycles. The first-order valence-electron chi connectivity index (χ1n) is 8.82. The summed E-state index contributed by atoms with van der Waals surface area (Å²) in [7, 11) is 0. The van der Waals surface area contributed by atoms with E-state index in [2.05, 4.69) is 10.3 Å². The third-order valence-electron chi connectivity index (χ3n) is 4.70. The van der Waals surface area contributed by atoms with Gasteiger partial charge in [-0.1, -0.05) is 13.0 Å². The first-order valence-corrected chi connectivity index (χ1v) is 9.70. The van der Waals surface area contributed by atoms with Gasteiger partial charge in [-0.3, -0.25) is 9.59 Å². The van der Waals surface area contributed by atoms with Gasteiger partial charge in [0.15, 0.2) is 5.13 Å². The maximum Gasteiger partial charge on any atom is 0.257 e. The van der Waals surface area contributed by atoms with Crippen molar-refractivity contribution in [3.63, 3.8) is 0 Å². The average molecular weight is 373 g/mol. The number of piperidine rings is 1. The number of aryl methyl sites for hydroxylation is 2. The minimum absolute atomic E-state index is 0.00575. The Balaban J connectivity index is 1.59. The van der Waals surface area contributed by atoms with E-state index in [1.165, 1.54) is 11.3 Å². The van der Waals surface area contributed by atoms with Gasteiger partial charge in [-0.05, 0) is 43.9 Å². The molecule has 0 radical (unpaired) electrons. The Kier molecular flexibility index (Phi) is 5.56. The molecule has 1 aromatic heterocycles. The van der Waals surface area contributed by atoms with Gasteiger partial charge in [0.2, 0.25) is 5.91 Å². The number of hydrogen-bond donors (Lipinski definition) is 2. The minimum Gasteiger partial charge on any atom is -0.507 e. The van der Waals surface area contributed by atoms with Crippen LogP contribution in [0.15, 0.2) is 23.6 Å². The van der Waals surface area contributed by atoms with Crippen LogP contribution in [0.4, 0.5) is 5.13 Å². The second-order valence-corrected chi connectivity index (χ2v) is 7.41. The van der Waals surface area contributed by atoms with Crippen molar-refractivity contribution in [3.8, 4) is 5.75 Å². The van der Waals surface area contributed by atoms with Crippen molar-refractivity contribution in [2.75, 3.05) is 18.4 Å². The number of carbonyl (C=O) groups excluding carboxylic acids is 2. The van der Waals surface area contributed by atoms with Crippen LogP contribution in [-0.2, 0) is 11.2 Å². The molecule has 0 spiro atoms. The van der Waals surface area contributed by atoms with Crippen LogP contribution in [-0.4, -0.2) is 39.9 Å². The summed E-state index contributed by atoms with van der Waals surface area (Å²) >= 11 is 1.41. The van der Waals surface area contributed by atoms with Gasteiger partial charge < -0.3 is 15.3 Å². The van der Waals surface area contributed by atoms with E-state index < -0.39 is 0 Å². The third kappa shape index (κ3) is 4.04. The number of carbonyl (C=O) groups is 2. The van der Waals surface area contributed by atoms with Crippen molar-refractivity contribution in [3.05, 3.63) is 40.4 Å². The van der Waals surface area contributed by atoms with Gasteiger partial charge in [-0.25, -0.2) is 4.98 Å². The Hall–Kier alpha value is -2.41. The van der Waals surface area contributed by atoms with Crippen LogP contribution in [0.2, 0.25) is 0 Å². The molecule has 1 fully saturated rings. The van der Waals surface area contributed by atoms with Crippen LogP contribution in [0.25, 0.3) is 0 Å². The summed E-state index contributed by atoms with van der Waals surface area (Å²) < 4.78 is 0. The second-order valence-electron chi connectivity index (χ2n) is 6.55. The fraction of sp³-hybridized carbons (Fsp3) is 0.421. The zero-order valence-electron chi connectivity index (χ0n) is 15.0. The summed E-state index contributed by atoms with van der Waals surface area (Å²) in [5.74, 6) is -0.334. The Morgan fingerprint density at radius 2 is 2.08 bits per heavy atom. The van der Waals surface area contributed by atoms with E-state index in [9.17, 15) is 14.7 Å². The number of phenols is 1. The number of rotatable bonds is 4. The summed E-state index contributed by atoms with van der Waals surface area (Å²) in [6.07, 6.45) is 2.02. The van der Waals surface area contributed by atoms with Gasteiger partial charge in [0.25, 0.3) is 5.91 Å². The van der Waals surface area contributed by atoms with E-state index in [0.29, 0.717) is 36.6 Å². The molecule has 0 atom stereocenters. The number of likely N-dealkylation sites (tertiary alicyclic amines) is 1. The van der Waals surface area contributed by atoms with E-state index in [1.807, 2.05) is 25.3 Å². The van der Waals surface area contributed by atoms with Crippen LogP contribution < -0.4 is 5.32 Å². The van der Waals surface area contributed by atoms with Crippen LogP contribution in [0.3, 0.4) is 0 Å². The number of hydrogen-bond acceptors (Lipinski definition) is 5. The Bertz CT molecular complexity index is 810. The predicted molar refractivity (Wildman–Crippen MR) is 102 cm³/mol. The Morgan fingerprint density at radius 3 is 2.69 bits per heavy atom. The van der Waals surface area contributed by atoms with Crippen molar-refractivity contribution in [1.29, 1.82) is 0 Å². The fourth-order valence-electron chi connectivity index (χ4n) is 3.11.